The lowest BCUT2D eigenvalue weighted by Gasteiger charge is -2.31. The lowest BCUT2D eigenvalue weighted by atomic mass is 9.99. The minimum Gasteiger partial charge on any atom is -0.338 e. The topological polar surface area (TPSA) is 66.5 Å². The van der Waals surface area contributed by atoms with Gasteiger partial charge in [0, 0.05) is 18.7 Å². The van der Waals surface area contributed by atoms with E-state index in [2.05, 4.69) is 11.6 Å². The number of carbonyl (C=O) groups excluding carboxylic acids is 1. The summed E-state index contributed by atoms with van der Waals surface area (Å²) in [4.78, 5) is 14.7. The highest BCUT2D eigenvalue weighted by Crippen LogP contribution is 2.23. The average molecular weight is 387 g/mol. The van der Waals surface area contributed by atoms with Crippen molar-refractivity contribution in [1.29, 1.82) is 0 Å². The number of hydrogen-bond acceptors (Lipinski definition) is 3. The van der Waals surface area contributed by atoms with Crippen molar-refractivity contribution in [1.82, 2.24) is 4.90 Å². The zero-order valence-electron chi connectivity index (χ0n) is 15.8. The highest BCUT2D eigenvalue weighted by Gasteiger charge is 2.23. The van der Waals surface area contributed by atoms with E-state index in [1.165, 1.54) is 12.1 Å². The number of rotatable bonds is 5. The van der Waals surface area contributed by atoms with E-state index < -0.39 is 10.0 Å². The molecule has 1 atom stereocenters. The van der Waals surface area contributed by atoms with Crippen LogP contribution in [0.3, 0.4) is 0 Å². The molecule has 2 aromatic rings. The molecule has 2 aromatic carbocycles. The lowest BCUT2D eigenvalue weighted by molar-refractivity contribution is 0.0683. The highest BCUT2D eigenvalue weighted by atomic mass is 32.2. The van der Waals surface area contributed by atoms with Crippen LogP contribution in [0.5, 0.6) is 0 Å². The first-order valence-electron chi connectivity index (χ1n) is 9.40. The van der Waals surface area contributed by atoms with Crippen molar-refractivity contribution in [2.45, 2.75) is 38.0 Å². The first kappa shape index (κ1) is 19.4. The van der Waals surface area contributed by atoms with Gasteiger partial charge in [-0.2, -0.15) is 0 Å². The molecule has 0 radical (unpaired) electrons. The van der Waals surface area contributed by atoms with E-state index in [0.717, 1.165) is 37.9 Å². The number of piperidine rings is 1. The number of nitrogens with zero attached hydrogens (tertiary/aromatic N) is 1. The van der Waals surface area contributed by atoms with Crippen LogP contribution in [0.1, 0.15) is 42.6 Å². The normalized spacial score (nSPS) is 17.6. The first-order chi connectivity index (χ1) is 12.9. The lowest BCUT2D eigenvalue weighted by Crippen LogP contribution is -2.39. The molecule has 27 heavy (non-hydrogen) atoms. The van der Waals surface area contributed by atoms with Crippen LogP contribution in [0.15, 0.2) is 53.4 Å². The summed E-state index contributed by atoms with van der Waals surface area (Å²) in [7, 11) is -3.76. The Bertz CT molecular complexity index is 925. The summed E-state index contributed by atoms with van der Waals surface area (Å²) in [5, 5.41) is 0. The van der Waals surface area contributed by atoms with Crippen molar-refractivity contribution in [3.05, 3.63) is 59.7 Å². The molecular weight excluding hydrogens is 360 g/mol. The van der Waals surface area contributed by atoms with Gasteiger partial charge in [0.15, 0.2) is 0 Å². The number of para-hydroxylation sites is 1. The van der Waals surface area contributed by atoms with Crippen LogP contribution in [0.2, 0.25) is 0 Å². The Morgan fingerprint density at radius 1 is 1.19 bits per heavy atom. The molecule has 0 aliphatic carbocycles. The zero-order chi connectivity index (χ0) is 19.4. The van der Waals surface area contributed by atoms with Crippen molar-refractivity contribution in [2.75, 3.05) is 17.8 Å². The predicted octanol–water partition coefficient (Wildman–Crippen LogP) is 3.92. The molecule has 0 spiro atoms. The van der Waals surface area contributed by atoms with Crippen molar-refractivity contribution in [3.8, 4) is 0 Å². The molecule has 0 bridgehead atoms. The van der Waals surface area contributed by atoms with Crippen LogP contribution in [0.4, 0.5) is 5.69 Å². The quantitative estimate of drug-likeness (QED) is 0.847. The fourth-order valence-corrected chi connectivity index (χ4v) is 4.63. The van der Waals surface area contributed by atoms with Crippen LogP contribution in [0, 0.1) is 5.92 Å². The van der Waals surface area contributed by atoms with Crippen molar-refractivity contribution >= 4 is 21.6 Å². The smallest absolute Gasteiger partial charge is 0.261 e. The molecule has 1 aliphatic heterocycles. The van der Waals surface area contributed by atoms with Crippen molar-refractivity contribution < 1.29 is 13.2 Å². The number of anilines is 1. The number of aryl methyl sites for hydroxylation is 1. The Hall–Kier alpha value is -2.34. The number of benzene rings is 2. The number of likely N-dealkylation sites (tertiary alicyclic amines) is 1. The van der Waals surface area contributed by atoms with Crippen molar-refractivity contribution in [2.24, 2.45) is 5.92 Å². The summed E-state index contributed by atoms with van der Waals surface area (Å²) in [5.74, 6) is 0.370. The van der Waals surface area contributed by atoms with Crippen LogP contribution in [0.25, 0.3) is 0 Å². The summed E-state index contributed by atoms with van der Waals surface area (Å²) in [6, 6.07) is 13.6. The maximum atomic E-state index is 12.8. The summed E-state index contributed by atoms with van der Waals surface area (Å²) >= 11 is 0. The molecule has 5 nitrogen and oxygen atoms in total. The molecule has 1 N–H and O–H groups in total. The molecule has 1 aliphatic rings. The van der Waals surface area contributed by atoms with Gasteiger partial charge >= 0.3 is 0 Å². The zero-order valence-corrected chi connectivity index (χ0v) is 16.6. The standard InChI is InChI=1S/C21H26N2O3S/c1-3-17-9-4-5-12-20(17)22-27(25,26)19-11-6-10-18(14-19)21(24)23-13-7-8-16(2)15-23/h4-6,9-12,14,16,22H,3,7-8,13,15H2,1-2H3. The van der Waals surface area contributed by atoms with E-state index in [1.807, 2.05) is 24.0 Å². The molecule has 0 saturated carbocycles. The van der Waals surface area contributed by atoms with Gasteiger partial charge in [-0.05, 0) is 55.0 Å². The molecule has 1 fully saturated rings. The summed E-state index contributed by atoms with van der Waals surface area (Å²) in [6.07, 6.45) is 2.84. The van der Waals surface area contributed by atoms with Crippen LogP contribution < -0.4 is 4.72 Å². The maximum Gasteiger partial charge on any atom is 0.261 e. The van der Waals surface area contributed by atoms with E-state index in [4.69, 9.17) is 0 Å². The molecule has 1 saturated heterocycles. The van der Waals surface area contributed by atoms with E-state index in [0.29, 0.717) is 17.2 Å². The Morgan fingerprint density at radius 2 is 1.96 bits per heavy atom. The van der Waals surface area contributed by atoms with Crippen LogP contribution in [-0.4, -0.2) is 32.3 Å². The molecule has 6 heteroatoms. The van der Waals surface area contributed by atoms with Crippen molar-refractivity contribution in [3.63, 3.8) is 0 Å². The molecule has 1 amide bonds. The van der Waals surface area contributed by atoms with E-state index >= 15 is 0 Å². The van der Waals surface area contributed by atoms with E-state index in [9.17, 15) is 13.2 Å². The second-order valence-corrected chi connectivity index (χ2v) is 8.83. The predicted molar refractivity (Wildman–Crippen MR) is 107 cm³/mol. The Kier molecular flexibility index (Phi) is 5.85. The number of nitrogens with one attached hydrogen (secondary N) is 1. The van der Waals surface area contributed by atoms with Gasteiger partial charge < -0.3 is 4.90 Å². The Balaban J connectivity index is 1.84. The van der Waals surface area contributed by atoms with E-state index in [-0.39, 0.29) is 10.8 Å². The Morgan fingerprint density at radius 3 is 2.70 bits per heavy atom. The number of amides is 1. The molecule has 1 heterocycles. The van der Waals surface area contributed by atoms with Gasteiger partial charge in [0.1, 0.15) is 0 Å². The monoisotopic (exact) mass is 386 g/mol. The fourth-order valence-electron chi connectivity index (χ4n) is 3.48. The summed E-state index contributed by atoms with van der Waals surface area (Å²) in [5.41, 5.74) is 1.91. The van der Waals surface area contributed by atoms with Gasteiger partial charge in [-0.3, -0.25) is 9.52 Å². The van der Waals surface area contributed by atoms with Gasteiger partial charge in [0.25, 0.3) is 15.9 Å². The number of carbonyl (C=O) groups is 1. The highest BCUT2D eigenvalue weighted by molar-refractivity contribution is 7.92. The number of sulfonamides is 1. The largest absolute Gasteiger partial charge is 0.338 e. The third-order valence-electron chi connectivity index (χ3n) is 4.98. The third-order valence-corrected chi connectivity index (χ3v) is 6.34. The molecule has 0 aromatic heterocycles. The fraction of sp³-hybridized carbons (Fsp3) is 0.381. The van der Waals surface area contributed by atoms with Crippen LogP contribution >= 0.6 is 0 Å². The third kappa shape index (κ3) is 4.50. The summed E-state index contributed by atoms with van der Waals surface area (Å²) in [6.45, 7) is 5.56. The second kappa shape index (κ2) is 8.13. The molecule has 3 rings (SSSR count). The minimum atomic E-state index is -3.76. The van der Waals surface area contributed by atoms with Gasteiger partial charge in [-0.25, -0.2) is 8.42 Å². The van der Waals surface area contributed by atoms with Gasteiger partial charge in [0.2, 0.25) is 0 Å². The summed E-state index contributed by atoms with van der Waals surface area (Å²) < 4.78 is 28.3. The molecular formula is C21H26N2O3S. The van der Waals surface area contributed by atoms with E-state index in [1.54, 1.807) is 24.3 Å². The Labute approximate surface area is 161 Å². The average Bonchev–Trinajstić information content (AvgIpc) is 2.67. The van der Waals surface area contributed by atoms with Gasteiger partial charge in [-0.1, -0.05) is 38.1 Å². The second-order valence-electron chi connectivity index (χ2n) is 7.14. The van der Waals surface area contributed by atoms with Crippen LogP contribution in [-0.2, 0) is 16.4 Å². The minimum absolute atomic E-state index is 0.101. The number of hydrogen-bond donors (Lipinski definition) is 1. The molecule has 144 valence electrons. The maximum absolute atomic E-state index is 12.8. The van der Waals surface area contributed by atoms with Gasteiger partial charge in [-0.15, -0.1) is 0 Å². The molecule has 1 unspecified atom stereocenters. The SMILES string of the molecule is CCc1ccccc1NS(=O)(=O)c1cccc(C(=O)N2CCCC(C)C2)c1. The first-order valence-corrected chi connectivity index (χ1v) is 10.9. The van der Waals surface area contributed by atoms with Gasteiger partial charge in [0.05, 0.1) is 10.6 Å².